The lowest BCUT2D eigenvalue weighted by Crippen LogP contribution is -2.15. The molecule has 78 valence electrons. The molecule has 14 heavy (non-hydrogen) atoms. The van der Waals surface area contributed by atoms with Crippen molar-refractivity contribution in [3.8, 4) is 0 Å². The van der Waals surface area contributed by atoms with Crippen molar-refractivity contribution in [2.45, 2.75) is 12.3 Å². The molecular formula is C9H8Cl2F2O. The second-order valence-electron chi connectivity index (χ2n) is 2.78. The van der Waals surface area contributed by atoms with Gasteiger partial charge in [-0.15, -0.1) is 0 Å². The number of hydrogen-bond acceptors (Lipinski definition) is 1. The van der Waals surface area contributed by atoms with E-state index in [0.29, 0.717) is 0 Å². The highest BCUT2D eigenvalue weighted by Gasteiger charge is 2.33. The predicted octanol–water partition coefficient (Wildman–Crippen LogP) is 3.47. The fourth-order valence-electron chi connectivity index (χ4n) is 1.06. The monoisotopic (exact) mass is 240 g/mol. The summed E-state index contributed by atoms with van der Waals surface area (Å²) in [4.78, 5) is 0. The highest BCUT2D eigenvalue weighted by Crippen LogP contribution is 2.38. The van der Waals surface area contributed by atoms with Gasteiger partial charge < -0.3 is 5.11 Å². The van der Waals surface area contributed by atoms with Crippen LogP contribution in [0, 0.1) is 0 Å². The van der Waals surface area contributed by atoms with Crippen LogP contribution in [-0.2, 0) is 5.92 Å². The van der Waals surface area contributed by atoms with Crippen LogP contribution in [0.25, 0.3) is 0 Å². The van der Waals surface area contributed by atoms with E-state index >= 15 is 0 Å². The Balaban J connectivity index is 3.12. The molecule has 0 saturated carbocycles. The molecule has 1 aromatic carbocycles. The van der Waals surface area contributed by atoms with E-state index in [9.17, 15) is 8.78 Å². The van der Waals surface area contributed by atoms with Crippen molar-refractivity contribution in [1.29, 1.82) is 0 Å². The van der Waals surface area contributed by atoms with E-state index in [1.54, 1.807) is 0 Å². The van der Waals surface area contributed by atoms with Crippen molar-refractivity contribution < 1.29 is 13.9 Å². The quantitative estimate of drug-likeness (QED) is 0.858. The van der Waals surface area contributed by atoms with Crippen molar-refractivity contribution in [3.05, 3.63) is 33.8 Å². The normalized spacial score (nSPS) is 11.8. The van der Waals surface area contributed by atoms with Gasteiger partial charge in [-0.05, 0) is 6.07 Å². The van der Waals surface area contributed by atoms with Crippen LogP contribution in [0.2, 0.25) is 10.0 Å². The SMILES string of the molecule is OCCC(F)(F)c1cccc(Cl)c1Cl. The molecule has 0 heterocycles. The second kappa shape index (κ2) is 4.43. The summed E-state index contributed by atoms with van der Waals surface area (Å²) >= 11 is 11.2. The summed E-state index contributed by atoms with van der Waals surface area (Å²) in [5.74, 6) is -3.14. The highest BCUT2D eigenvalue weighted by molar-refractivity contribution is 6.42. The van der Waals surface area contributed by atoms with Crippen molar-refractivity contribution in [3.63, 3.8) is 0 Å². The molecule has 0 amide bonds. The average molecular weight is 241 g/mol. The first-order valence-corrected chi connectivity index (χ1v) is 4.68. The van der Waals surface area contributed by atoms with Gasteiger partial charge in [-0.2, -0.15) is 0 Å². The molecule has 0 atom stereocenters. The highest BCUT2D eigenvalue weighted by atomic mass is 35.5. The predicted molar refractivity (Wildman–Crippen MR) is 52.1 cm³/mol. The lowest BCUT2D eigenvalue weighted by atomic mass is 10.1. The standard InChI is InChI=1S/C9H8Cl2F2O/c10-7-3-1-2-6(8(7)11)9(12,13)4-5-14/h1-3,14H,4-5H2. The van der Waals surface area contributed by atoms with Gasteiger partial charge in [0.2, 0.25) is 0 Å². The Morgan fingerprint density at radius 1 is 1.29 bits per heavy atom. The van der Waals surface area contributed by atoms with Gasteiger partial charge in [-0.25, -0.2) is 8.78 Å². The molecule has 1 N–H and O–H groups in total. The van der Waals surface area contributed by atoms with Gasteiger partial charge in [0.15, 0.2) is 0 Å². The van der Waals surface area contributed by atoms with Gasteiger partial charge in [0, 0.05) is 18.6 Å². The van der Waals surface area contributed by atoms with Crippen LogP contribution in [0.3, 0.4) is 0 Å². The first-order valence-electron chi connectivity index (χ1n) is 3.92. The third kappa shape index (κ3) is 2.35. The van der Waals surface area contributed by atoms with Gasteiger partial charge in [-0.3, -0.25) is 0 Å². The average Bonchev–Trinajstić information content (AvgIpc) is 2.09. The Morgan fingerprint density at radius 3 is 2.50 bits per heavy atom. The molecule has 0 fully saturated rings. The second-order valence-corrected chi connectivity index (χ2v) is 3.56. The number of halogens is 4. The third-order valence-electron chi connectivity index (χ3n) is 1.77. The van der Waals surface area contributed by atoms with Crippen molar-refractivity contribution in [2.75, 3.05) is 6.61 Å². The minimum absolute atomic E-state index is 0.0850. The summed E-state index contributed by atoms with van der Waals surface area (Å²) in [5.41, 5.74) is -0.347. The molecule has 0 spiro atoms. The lowest BCUT2D eigenvalue weighted by Gasteiger charge is -2.17. The van der Waals surface area contributed by atoms with Gasteiger partial charge in [0.25, 0.3) is 5.92 Å². The topological polar surface area (TPSA) is 20.2 Å². The van der Waals surface area contributed by atoms with Gasteiger partial charge in [0.1, 0.15) is 0 Å². The molecular weight excluding hydrogens is 233 g/mol. The van der Waals surface area contributed by atoms with E-state index in [4.69, 9.17) is 28.3 Å². The molecule has 0 aliphatic carbocycles. The fraction of sp³-hybridized carbons (Fsp3) is 0.333. The molecule has 0 saturated heterocycles. The molecule has 1 rings (SSSR count). The summed E-state index contributed by atoms with van der Waals surface area (Å²) in [7, 11) is 0. The van der Waals surface area contributed by atoms with Crippen LogP contribution in [0.5, 0.6) is 0 Å². The van der Waals surface area contributed by atoms with Crippen LogP contribution in [0.1, 0.15) is 12.0 Å². The van der Waals surface area contributed by atoms with E-state index in [1.807, 2.05) is 0 Å². The Labute approximate surface area is 90.3 Å². The molecule has 0 aliphatic rings. The maximum atomic E-state index is 13.3. The van der Waals surface area contributed by atoms with Crippen LogP contribution in [0.4, 0.5) is 8.78 Å². The van der Waals surface area contributed by atoms with E-state index in [-0.39, 0.29) is 15.6 Å². The van der Waals surface area contributed by atoms with Gasteiger partial charge >= 0.3 is 0 Å². The minimum atomic E-state index is -3.14. The smallest absolute Gasteiger partial charge is 0.276 e. The van der Waals surface area contributed by atoms with Gasteiger partial charge in [0.05, 0.1) is 10.0 Å². The Hall–Kier alpha value is -0.380. The number of rotatable bonds is 3. The molecule has 0 radical (unpaired) electrons. The molecule has 5 heteroatoms. The maximum Gasteiger partial charge on any atom is 0.276 e. The van der Waals surface area contributed by atoms with Crippen molar-refractivity contribution in [1.82, 2.24) is 0 Å². The van der Waals surface area contributed by atoms with Crippen LogP contribution >= 0.6 is 23.2 Å². The summed E-state index contributed by atoms with van der Waals surface area (Å²) in [6.45, 7) is -0.601. The molecule has 1 aromatic rings. The zero-order valence-electron chi connectivity index (χ0n) is 7.11. The Morgan fingerprint density at radius 2 is 1.93 bits per heavy atom. The summed E-state index contributed by atoms with van der Waals surface area (Å²) in [6.07, 6.45) is -0.660. The third-order valence-corrected chi connectivity index (χ3v) is 2.59. The molecule has 0 bridgehead atoms. The molecule has 0 unspecified atom stereocenters. The largest absolute Gasteiger partial charge is 0.396 e. The number of aliphatic hydroxyl groups excluding tert-OH is 1. The summed E-state index contributed by atoms with van der Waals surface area (Å²) in [6, 6.07) is 4.03. The molecule has 1 nitrogen and oxygen atoms in total. The number of benzene rings is 1. The lowest BCUT2D eigenvalue weighted by molar-refractivity contribution is -0.0268. The number of hydrogen-bond donors (Lipinski definition) is 1. The van der Waals surface area contributed by atoms with Crippen LogP contribution < -0.4 is 0 Å². The molecule has 0 aromatic heterocycles. The number of alkyl halides is 2. The zero-order valence-corrected chi connectivity index (χ0v) is 8.62. The first-order chi connectivity index (χ1) is 6.49. The number of aliphatic hydroxyl groups is 1. The maximum absolute atomic E-state index is 13.3. The minimum Gasteiger partial charge on any atom is -0.396 e. The van der Waals surface area contributed by atoms with Gasteiger partial charge in [-0.1, -0.05) is 35.3 Å². The summed E-state index contributed by atoms with van der Waals surface area (Å²) < 4.78 is 26.6. The van der Waals surface area contributed by atoms with Crippen LogP contribution in [0.15, 0.2) is 18.2 Å². The van der Waals surface area contributed by atoms with E-state index in [2.05, 4.69) is 0 Å². The summed E-state index contributed by atoms with van der Waals surface area (Å²) in [5, 5.41) is 8.39. The first kappa shape index (κ1) is 11.7. The zero-order chi connectivity index (χ0) is 10.8. The Bertz CT molecular complexity index is 329. The Kier molecular flexibility index (Phi) is 3.70. The molecule has 0 aliphatic heterocycles. The van der Waals surface area contributed by atoms with E-state index in [0.717, 1.165) is 0 Å². The van der Waals surface area contributed by atoms with E-state index in [1.165, 1.54) is 18.2 Å². The fourth-order valence-corrected chi connectivity index (χ4v) is 1.50. The van der Waals surface area contributed by atoms with E-state index < -0.39 is 19.0 Å². The van der Waals surface area contributed by atoms with Crippen molar-refractivity contribution >= 4 is 23.2 Å². The van der Waals surface area contributed by atoms with Crippen molar-refractivity contribution in [2.24, 2.45) is 0 Å². The van der Waals surface area contributed by atoms with Crippen LogP contribution in [-0.4, -0.2) is 11.7 Å².